The van der Waals surface area contributed by atoms with Crippen LogP contribution in [0.15, 0.2) is 52.8 Å². The van der Waals surface area contributed by atoms with Crippen LogP contribution in [0.1, 0.15) is 37.1 Å². The lowest BCUT2D eigenvalue weighted by molar-refractivity contribution is 0.684. The fourth-order valence-corrected chi connectivity index (χ4v) is 4.65. The number of anilines is 1. The Balaban J connectivity index is 1.29. The third-order valence-corrected chi connectivity index (χ3v) is 6.39. The van der Waals surface area contributed by atoms with Gasteiger partial charge in [-0.2, -0.15) is 0 Å². The first kappa shape index (κ1) is 19.7. The average Bonchev–Trinajstić information content (AvgIpc) is 3.44. The van der Waals surface area contributed by atoms with Gasteiger partial charge >= 0.3 is 0 Å². The number of aromatic nitrogens is 1. The van der Waals surface area contributed by atoms with Crippen LogP contribution in [0.5, 0.6) is 0 Å². The third kappa shape index (κ3) is 4.88. The Morgan fingerprint density at radius 3 is 2.76 bits per heavy atom. The summed E-state index contributed by atoms with van der Waals surface area (Å²) in [4.78, 5) is 11.6. The lowest BCUT2D eigenvalue weighted by atomic mass is 10.0. The highest BCUT2D eigenvalue weighted by Crippen LogP contribution is 2.24. The van der Waals surface area contributed by atoms with E-state index in [4.69, 9.17) is 4.98 Å². The van der Waals surface area contributed by atoms with Crippen molar-refractivity contribution in [1.29, 1.82) is 0 Å². The van der Waals surface area contributed by atoms with Crippen LogP contribution in [-0.2, 0) is 6.42 Å². The average molecular weight is 408 g/mol. The molecule has 152 valence electrons. The van der Waals surface area contributed by atoms with E-state index in [-0.39, 0.29) is 6.04 Å². The second kappa shape index (κ2) is 9.27. The molecule has 4 rings (SSSR count). The van der Waals surface area contributed by atoms with Crippen LogP contribution in [0.4, 0.5) is 5.13 Å². The van der Waals surface area contributed by atoms with Crippen LogP contribution in [0.25, 0.3) is 10.8 Å². The molecular formula is C23H29N5S. The maximum Gasteiger partial charge on any atom is 0.191 e. The number of aliphatic imine (C=N–C) groups is 1. The third-order valence-electron chi connectivity index (χ3n) is 5.44. The van der Waals surface area contributed by atoms with E-state index in [9.17, 15) is 0 Å². The fourth-order valence-electron chi connectivity index (χ4n) is 3.73. The maximum absolute atomic E-state index is 4.80. The van der Waals surface area contributed by atoms with Crippen molar-refractivity contribution in [2.24, 2.45) is 4.99 Å². The Morgan fingerprint density at radius 1 is 1.17 bits per heavy atom. The SMILES string of the molecule is CN=C(NCCc1csc(N2CCCC2)n1)NC(C)c1ccc2ccccc2c1. The van der Waals surface area contributed by atoms with E-state index >= 15 is 0 Å². The van der Waals surface area contributed by atoms with E-state index in [0.29, 0.717) is 0 Å². The first-order chi connectivity index (χ1) is 14.2. The van der Waals surface area contributed by atoms with Crippen molar-refractivity contribution in [3.63, 3.8) is 0 Å². The highest BCUT2D eigenvalue weighted by Gasteiger charge is 2.15. The summed E-state index contributed by atoms with van der Waals surface area (Å²) in [5.74, 6) is 0.820. The summed E-state index contributed by atoms with van der Waals surface area (Å²) < 4.78 is 0. The zero-order valence-electron chi connectivity index (χ0n) is 17.2. The van der Waals surface area contributed by atoms with E-state index in [1.807, 2.05) is 7.05 Å². The molecule has 0 amide bonds. The smallest absolute Gasteiger partial charge is 0.191 e. The lowest BCUT2D eigenvalue weighted by Crippen LogP contribution is -2.39. The highest BCUT2D eigenvalue weighted by atomic mass is 32.1. The van der Waals surface area contributed by atoms with Crippen molar-refractivity contribution in [2.75, 3.05) is 31.6 Å². The zero-order valence-corrected chi connectivity index (χ0v) is 18.0. The van der Waals surface area contributed by atoms with Crippen molar-refractivity contribution in [1.82, 2.24) is 15.6 Å². The van der Waals surface area contributed by atoms with Gasteiger partial charge in [-0.25, -0.2) is 4.98 Å². The normalized spacial score (nSPS) is 15.7. The fraction of sp³-hybridized carbons (Fsp3) is 0.391. The number of thiazole rings is 1. The second-order valence-corrected chi connectivity index (χ2v) is 8.37. The van der Waals surface area contributed by atoms with Crippen LogP contribution < -0.4 is 15.5 Å². The summed E-state index contributed by atoms with van der Waals surface area (Å²) in [6, 6.07) is 15.2. The van der Waals surface area contributed by atoms with Gasteiger partial charge in [0, 0.05) is 38.5 Å². The molecule has 0 spiro atoms. The molecule has 2 aromatic carbocycles. The molecule has 0 aliphatic carbocycles. The van der Waals surface area contributed by atoms with E-state index in [0.717, 1.165) is 37.7 Å². The van der Waals surface area contributed by atoms with E-state index in [1.54, 1.807) is 11.3 Å². The summed E-state index contributed by atoms with van der Waals surface area (Å²) in [6.07, 6.45) is 3.47. The zero-order chi connectivity index (χ0) is 20.1. The summed E-state index contributed by atoms with van der Waals surface area (Å²) in [7, 11) is 1.82. The van der Waals surface area contributed by atoms with E-state index in [2.05, 4.69) is 75.3 Å². The molecule has 0 saturated carbocycles. The van der Waals surface area contributed by atoms with Crippen molar-refractivity contribution in [2.45, 2.75) is 32.2 Å². The monoisotopic (exact) mass is 407 g/mol. The molecule has 1 aromatic heterocycles. The number of rotatable bonds is 6. The molecule has 2 heterocycles. The first-order valence-electron chi connectivity index (χ1n) is 10.4. The van der Waals surface area contributed by atoms with Gasteiger partial charge < -0.3 is 15.5 Å². The summed E-state index contributed by atoms with van der Waals surface area (Å²) >= 11 is 1.76. The molecule has 1 aliphatic rings. The summed E-state index contributed by atoms with van der Waals surface area (Å²) in [5, 5.41) is 12.8. The first-order valence-corrected chi connectivity index (χ1v) is 11.3. The highest BCUT2D eigenvalue weighted by molar-refractivity contribution is 7.13. The van der Waals surface area contributed by atoms with Gasteiger partial charge in [-0.05, 0) is 42.2 Å². The number of guanidine groups is 1. The number of nitrogens with zero attached hydrogens (tertiary/aromatic N) is 3. The Hall–Kier alpha value is -2.60. The number of fused-ring (bicyclic) bond motifs is 1. The maximum atomic E-state index is 4.80. The molecular weight excluding hydrogens is 378 g/mol. The Bertz CT molecular complexity index is 974. The van der Waals surface area contributed by atoms with Gasteiger partial charge in [0.2, 0.25) is 0 Å². The molecule has 6 heteroatoms. The summed E-state index contributed by atoms with van der Waals surface area (Å²) in [6.45, 7) is 5.27. The van der Waals surface area contributed by atoms with Gasteiger partial charge in [0.05, 0.1) is 11.7 Å². The van der Waals surface area contributed by atoms with Crippen molar-refractivity contribution in [3.05, 3.63) is 59.1 Å². The van der Waals surface area contributed by atoms with Crippen molar-refractivity contribution in [3.8, 4) is 0 Å². The van der Waals surface area contributed by atoms with Crippen molar-refractivity contribution >= 4 is 33.2 Å². The molecule has 1 aliphatic heterocycles. The minimum Gasteiger partial charge on any atom is -0.356 e. The van der Waals surface area contributed by atoms with Crippen LogP contribution in [0.3, 0.4) is 0 Å². The molecule has 1 fully saturated rings. The van der Waals surface area contributed by atoms with Gasteiger partial charge in [0.25, 0.3) is 0 Å². The molecule has 0 bridgehead atoms. The largest absolute Gasteiger partial charge is 0.356 e. The minimum atomic E-state index is 0.173. The Kier molecular flexibility index (Phi) is 6.30. The number of nitrogens with one attached hydrogen (secondary N) is 2. The molecule has 29 heavy (non-hydrogen) atoms. The molecule has 1 unspecified atom stereocenters. The summed E-state index contributed by atoms with van der Waals surface area (Å²) in [5.41, 5.74) is 2.41. The van der Waals surface area contributed by atoms with Crippen LogP contribution in [-0.4, -0.2) is 37.6 Å². The quantitative estimate of drug-likeness (QED) is 0.471. The standard InChI is InChI=1S/C23H29N5S/c1-17(19-10-9-18-7-3-4-8-20(18)15-19)26-22(24-2)25-12-11-21-16-29-23(27-21)28-13-5-6-14-28/h3-4,7-10,15-17H,5-6,11-14H2,1-2H3,(H2,24,25,26). The van der Waals surface area contributed by atoms with E-state index < -0.39 is 0 Å². The van der Waals surface area contributed by atoms with Crippen LogP contribution in [0.2, 0.25) is 0 Å². The van der Waals surface area contributed by atoms with Gasteiger partial charge in [-0.15, -0.1) is 11.3 Å². The minimum absolute atomic E-state index is 0.173. The molecule has 1 atom stereocenters. The van der Waals surface area contributed by atoms with Crippen LogP contribution in [0, 0.1) is 0 Å². The lowest BCUT2D eigenvalue weighted by Gasteiger charge is -2.18. The molecule has 1 saturated heterocycles. The molecule has 2 N–H and O–H groups in total. The number of benzene rings is 2. The Morgan fingerprint density at radius 2 is 1.97 bits per heavy atom. The van der Waals surface area contributed by atoms with Gasteiger partial charge in [0.15, 0.2) is 11.1 Å². The second-order valence-electron chi connectivity index (χ2n) is 7.54. The molecule has 0 radical (unpaired) electrons. The predicted molar refractivity (Wildman–Crippen MR) is 124 cm³/mol. The Labute approximate surface area is 176 Å². The number of hydrogen-bond acceptors (Lipinski definition) is 4. The van der Waals surface area contributed by atoms with Gasteiger partial charge in [0.1, 0.15) is 0 Å². The van der Waals surface area contributed by atoms with Crippen molar-refractivity contribution < 1.29 is 0 Å². The van der Waals surface area contributed by atoms with Gasteiger partial charge in [-0.3, -0.25) is 4.99 Å². The number of hydrogen-bond donors (Lipinski definition) is 2. The topological polar surface area (TPSA) is 52.6 Å². The predicted octanol–water partition coefficient (Wildman–Crippen LogP) is 4.37. The van der Waals surface area contributed by atoms with Crippen LogP contribution >= 0.6 is 11.3 Å². The van der Waals surface area contributed by atoms with E-state index in [1.165, 1.54) is 34.3 Å². The molecule has 5 nitrogen and oxygen atoms in total. The molecule has 3 aromatic rings. The van der Waals surface area contributed by atoms with Gasteiger partial charge in [-0.1, -0.05) is 36.4 Å².